The van der Waals surface area contributed by atoms with Gasteiger partial charge < -0.3 is 10.4 Å². The number of hydrogen-bond donors (Lipinski definition) is 2. The summed E-state index contributed by atoms with van der Waals surface area (Å²) in [6, 6.07) is 4.99. The van der Waals surface area contributed by atoms with Crippen molar-refractivity contribution in [1.82, 2.24) is 0 Å². The molecule has 19 heavy (non-hydrogen) atoms. The zero-order valence-corrected chi connectivity index (χ0v) is 11.2. The normalized spacial score (nSPS) is 18.0. The molecule has 5 heteroatoms. The summed E-state index contributed by atoms with van der Waals surface area (Å²) in [5.41, 5.74) is 0.688. The minimum absolute atomic E-state index is 0.0689. The Morgan fingerprint density at radius 2 is 2.05 bits per heavy atom. The molecular formula is C14H20N2O3. The average molecular weight is 264 g/mol. The van der Waals surface area contributed by atoms with Crippen LogP contribution in [0, 0.1) is 17.0 Å². The number of aliphatic hydroxyl groups is 1. The number of nitrogens with one attached hydrogen (secondary N) is 1. The molecule has 0 aromatic heterocycles. The maximum absolute atomic E-state index is 11.0. The van der Waals surface area contributed by atoms with E-state index >= 15 is 0 Å². The van der Waals surface area contributed by atoms with Crippen LogP contribution in [0.3, 0.4) is 0 Å². The molecule has 1 aliphatic rings. The third-order valence-electron chi connectivity index (χ3n) is 3.83. The van der Waals surface area contributed by atoms with E-state index in [2.05, 4.69) is 5.32 Å². The number of nitrogens with zero attached hydrogens (tertiary/aromatic N) is 1. The number of rotatable bonds is 4. The van der Waals surface area contributed by atoms with Gasteiger partial charge in [0, 0.05) is 12.6 Å². The highest BCUT2D eigenvalue weighted by atomic mass is 16.6. The SMILES string of the molecule is Cc1cccc([N+](=O)[O-])c1NCC1(O)CCCCC1. The van der Waals surface area contributed by atoms with Crippen molar-refractivity contribution in [2.24, 2.45) is 0 Å². The number of aryl methyl sites for hydroxylation is 1. The van der Waals surface area contributed by atoms with Crippen LogP contribution in [0.4, 0.5) is 11.4 Å². The van der Waals surface area contributed by atoms with Gasteiger partial charge in [-0.25, -0.2) is 0 Å². The summed E-state index contributed by atoms with van der Waals surface area (Å²) in [6.07, 6.45) is 4.73. The summed E-state index contributed by atoms with van der Waals surface area (Å²) < 4.78 is 0. The van der Waals surface area contributed by atoms with E-state index in [1.807, 2.05) is 13.0 Å². The molecule has 2 N–H and O–H groups in total. The zero-order chi connectivity index (χ0) is 13.9. The minimum Gasteiger partial charge on any atom is -0.388 e. The first kappa shape index (κ1) is 13.8. The van der Waals surface area contributed by atoms with Crippen molar-refractivity contribution in [3.8, 4) is 0 Å². The molecule has 0 atom stereocenters. The van der Waals surface area contributed by atoms with Crippen molar-refractivity contribution >= 4 is 11.4 Å². The first-order valence-corrected chi connectivity index (χ1v) is 6.72. The maximum Gasteiger partial charge on any atom is 0.292 e. The molecule has 1 fully saturated rings. The van der Waals surface area contributed by atoms with Gasteiger partial charge in [0.2, 0.25) is 0 Å². The second-order valence-electron chi connectivity index (χ2n) is 5.36. The lowest BCUT2D eigenvalue weighted by atomic mass is 9.85. The van der Waals surface area contributed by atoms with E-state index in [9.17, 15) is 15.2 Å². The monoisotopic (exact) mass is 264 g/mol. The number of hydrogen-bond acceptors (Lipinski definition) is 4. The molecular weight excluding hydrogens is 244 g/mol. The van der Waals surface area contributed by atoms with Crippen LogP contribution in [0.2, 0.25) is 0 Å². The van der Waals surface area contributed by atoms with Gasteiger partial charge in [-0.15, -0.1) is 0 Å². The van der Waals surface area contributed by atoms with Crippen molar-refractivity contribution in [2.75, 3.05) is 11.9 Å². The van der Waals surface area contributed by atoms with E-state index in [0.29, 0.717) is 12.2 Å². The van der Waals surface area contributed by atoms with Crippen LogP contribution < -0.4 is 5.32 Å². The fraction of sp³-hybridized carbons (Fsp3) is 0.571. The molecule has 0 aliphatic heterocycles. The van der Waals surface area contributed by atoms with Crippen molar-refractivity contribution in [1.29, 1.82) is 0 Å². The first-order valence-electron chi connectivity index (χ1n) is 6.72. The third-order valence-corrected chi connectivity index (χ3v) is 3.83. The van der Waals surface area contributed by atoms with Gasteiger partial charge in [-0.3, -0.25) is 10.1 Å². The fourth-order valence-electron chi connectivity index (χ4n) is 2.67. The number of nitro groups is 1. The van der Waals surface area contributed by atoms with Crippen molar-refractivity contribution in [2.45, 2.75) is 44.6 Å². The highest BCUT2D eigenvalue weighted by Gasteiger charge is 2.29. The van der Waals surface area contributed by atoms with Crippen LogP contribution in [-0.2, 0) is 0 Å². The molecule has 1 aliphatic carbocycles. The average Bonchev–Trinajstić information content (AvgIpc) is 2.38. The Balaban J connectivity index is 2.12. The lowest BCUT2D eigenvalue weighted by Gasteiger charge is -2.32. The fourth-order valence-corrected chi connectivity index (χ4v) is 2.67. The van der Waals surface area contributed by atoms with Crippen LogP contribution in [0.5, 0.6) is 0 Å². The summed E-state index contributed by atoms with van der Waals surface area (Å²) >= 11 is 0. The second kappa shape index (κ2) is 5.57. The van der Waals surface area contributed by atoms with Gasteiger partial charge in [-0.05, 0) is 25.3 Å². The first-order chi connectivity index (χ1) is 9.02. The smallest absolute Gasteiger partial charge is 0.292 e. The van der Waals surface area contributed by atoms with Crippen LogP contribution in [0.15, 0.2) is 18.2 Å². The predicted octanol–water partition coefficient (Wildman–Crippen LogP) is 3.01. The van der Waals surface area contributed by atoms with Gasteiger partial charge in [0.05, 0.1) is 10.5 Å². The molecule has 0 heterocycles. The Morgan fingerprint density at radius 3 is 2.68 bits per heavy atom. The van der Waals surface area contributed by atoms with E-state index in [-0.39, 0.29) is 10.6 Å². The van der Waals surface area contributed by atoms with Crippen LogP contribution in [-0.4, -0.2) is 22.2 Å². The molecule has 1 aromatic rings. The van der Waals surface area contributed by atoms with Gasteiger partial charge >= 0.3 is 0 Å². The lowest BCUT2D eigenvalue weighted by Crippen LogP contribution is -2.39. The number of benzene rings is 1. The highest BCUT2D eigenvalue weighted by Crippen LogP contribution is 2.31. The molecule has 0 saturated heterocycles. The zero-order valence-electron chi connectivity index (χ0n) is 11.2. The third kappa shape index (κ3) is 3.23. The van der Waals surface area contributed by atoms with E-state index in [1.165, 1.54) is 6.07 Å². The van der Waals surface area contributed by atoms with E-state index in [0.717, 1.165) is 37.7 Å². The van der Waals surface area contributed by atoms with E-state index in [4.69, 9.17) is 0 Å². The minimum atomic E-state index is -0.728. The Morgan fingerprint density at radius 1 is 1.37 bits per heavy atom. The largest absolute Gasteiger partial charge is 0.388 e. The maximum atomic E-state index is 11.0. The molecule has 0 unspecified atom stereocenters. The molecule has 5 nitrogen and oxygen atoms in total. The topological polar surface area (TPSA) is 75.4 Å². The van der Waals surface area contributed by atoms with Crippen molar-refractivity contribution < 1.29 is 10.0 Å². The second-order valence-corrected chi connectivity index (χ2v) is 5.36. The van der Waals surface area contributed by atoms with Crippen LogP contribution >= 0.6 is 0 Å². The Kier molecular flexibility index (Phi) is 4.04. The Hall–Kier alpha value is -1.62. The molecule has 0 radical (unpaired) electrons. The predicted molar refractivity (Wildman–Crippen MR) is 74.4 cm³/mol. The molecule has 1 aromatic carbocycles. The number of nitro benzene ring substituents is 1. The van der Waals surface area contributed by atoms with Gasteiger partial charge in [-0.1, -0.05) is 31.4 Å². The van der Waals surface area contributed by atoms with Gasteiger partial charge in [0.1, 0.15) is 5.69 Å². The summed E-state index contributed by atoms with van der Waals surface area (Å²) in [6.45, 7) is 2.21. The molecule has 0 amide bonds. The van der Waals surface area contributed by atoms with Crippen LogP contribution in [0.25, 0.3) is 0 Å². The molecule has 1 saturated carbocycles. The number of para-hydroxylation sites is 1. The summed E-state index contributed by atoms with van der Waals surface area (Å²) in [7, 11) is 0. The molecule has 104 valence electrons. The van der Waals surface area contributed by atoms with Crippen LogP contribution in [0.1, 0.15) is 37.7 Å². The molecule has 0 spiro atoms. The quantitative estimate of drug-likeness (QED) is 0.647. The summed E-state index contributed by atoms with van der Waals surface area (Å²) in [4.78, 5) is 10.6. The van der Waals surface area contributed by atoms with E-state index < -0.39 is 5.60 Å². The van der Waals surface area contributed by atoms with E-state index in [1.54, 1.807) is 6.07 Å². The van der Waals surface area contributed by atoms with Gasteiger partial charge in [0.25, 0.3) is 5.69 Å². The molecule has 0 bridgehead atoms. The van der Waals surface area contributed by atoms with Gasteiger partial charge in [-0.2, -0.15) is 0 Å². The Labute approximate surface area is 112 Å². The Bertz CT molecular complexity index is 468. The lowest BCUT2D eigenvalue weighted by molar-refractivity contribution is -0.384. The van der Waals surface area contributed by atoms with Crippen molar-refractivity contribution in [3.63, 3.8) is 0 Å². The standard InChI is InChI=1S/C14H20N2O3/c1-11-6-5-7-12(16(18)19)13(11)15-10-14(17)8-3-2-4-9-14/h5-7,15,17H,2-4,8-10H2,1H3. The van der Waals surface area contributed by atoms with Crippen molar-refractivity contribution in [3.05, 3.63) is 33.9 Å². The summed E-state index contributed by atoms with van der Waals surface area (Å²) in [5.74, 6) is 0. The highest BCUT2D eigenvalue weighted by molar-refractivity contribution is 5.66. The molecule has 2 rings (SSSR count). The van der Waals surface area contributed by atoms with Gasteiger partial charge in [0.15, 0.2) is 0 Å². The number of anilines is 1. The summed E-state index contributed by atoms with van der Waals surface area (Å²) in [5, 5.41) is 24.5.